The van der Waals surface area contributed by atoms with Crippen molar-refractivity contribution in [3.05, 3.63) is 63.6 Å². The number of carbonyl (C=O) groups excluding carboxylic acids is 1. The lowest BCUT2D eigenvalue weighted by Crippen LogP contribution is -2.24. The molecule has 0 aliphatic heterocycles. The molecule has 2 N–H and O–H groups in total. The van der Waals surface area contributed by atoms with Gasteiger partial charge in [-0.05, 0) is 24.3 Å². The highest BCUT2D eigenvalue weighted by Crippen LogP contribution is 2.15. The van der Waals surface area contributed by atoms with Gasteiger partial charge in [-0.2, -0.15) is 5.10 Å². The third-order valence-corrected chi connectivity index (χ3v) is 3.31. The Labute approximate surface area is 130 Å². The SMILES string of the molecule is O=C(N/N=C\c1ccccc1Br)Nc1cccc(Cl)c1. The summed E-state index contributed by atoms with van der Waals surface area (Å²) in [5, 5.41) is 7.05. The van der Waals surface area contributed by atoms with Gasteiger partial charge in [-0.25, -0.2) is 10.2 Å². The molecule has 20 heavy (non-hydrogen) atoms. The fourth-order valence-corrected chi connectivity index (χ4v) is 2.04. The van der Waals surface area contributed by atoms with Crippen molar-refractivity contribution in [3.63, 3.8) is 0 Å². The highest BCUT2D eigenvalue weighted by molar-refractivity contribution is 9.10. The van der Waals surface area contributed by atoms with Crippen molar-refractivity contribution in [3.8, 4) is 0 Å². The van der Waals surface area contributed by atoms with Crippen molar-refractivity contribution >= 4 is 45.5 Å². The summed E-state index contributed by atoms with van der Waals surface area (Å²) in [4.78, 5) is 11.6. The van der Waals surface area contributed by atoms with Crippen LogP contribution in [-0.4, -0.2) is 12.2 Å². The first kappa shape index (κ1) is 14.6. The van der Waals surface area contributed by atoms with E-state index >= 15 is 0 Å². The van der Waals surface area contributed by atoms with Gasteiger partial charge < -0.3 is 5.32 Å². The minimum atomic E-state index is -0.435. The summed E-state index contributed by atoms with van der Waals surface area (Å²) in [6, 6.07) is 14.0. The Balaban J connectivity index is 1.91. The van der Waals surface area contributed by atoms with Gasteiger partial charge in [-0.3, -0.25) is 0 Å². The number of nitrogens with zero attached hydrogens (tertiary/aromatic N) is 1. The summed E-state index contributed by atoms with van der Waals surface area (Å²) in [7, 11) is 0. The smallest absolute Gasteiger partial charge is 0.306 e. The molecule has 2 rings (SSSR count). The molecule has 0 unspecified atom stereocenters. The van der Waals surface area contributed by atoms with E-state index in [1.807, 2.05) is 24.3 Å². The van der Waals surface area contributed by atoms with Crippen LogP contribution in [0.5, 0.6) is 0 Å². The number of hydrogen-bond donors (Lipinski definition) is 2. The number of urea groups is 1. The Morgan fingerprint density at radius 3 is 2.75 bits per heavy atom. The van der Waals surface area contributed by atoms with Gasteiger partial charge in [0.2, 0.25) is 0 Å². The van der Waals surface area contributed by atoms with Crippen LogP contribution < -0.4 is 10.7 Å². The minimum absolute atomic E-state index is 0.435. The highest BCUT2D eigenvalue weighted by Gasteiger charge is 2.00. The van der Waals surface area contributed by atoms with Crippen molar-refractivity contribution in [2.75, 3.05) is 5.32 Å². The van der Waals surface area contributed by atoms with Gasteiger partial charge in [0.15, 0.2) is 0 Å². The van der Waals surface area contributed by atoms with Gasteiger partial charge in [0, 0.05) is 20.7 Å². The summed E-state index contributed by atoms with van der Waals surface area (Å²) < 4.78 is 0.904. The standard InChI is InChI=1S/C14H11BrClN3O/c15-13-7-2-1-4-10(13)9-17-19-14(20)18-12-6-3-5-11(16)8-12/h1-9H,(H2,18,19,20)/b17-9-. The van der Waals surface area contributed by atoms with Crippen molar-refractivity contribution in [2.24, 2.45) is 5.10 Å². The lowest BCUT2D eigenvalue weighted by atomic mass is 10.2. The Morgan fingerprint density at radius 1 is 1.20 bits per heavy atom. The molecule has 6 heteroatoms. The quantitative estimate of drug-likeness (QED) is 0.629. The van der Waals surface area contributed by atoms with Crippen LogP contribution in [-0.2, 0) is 0 Å². The number of amides is 2. The van der Waals surface area contributed by atoms with E-state index in [1.54, 1.807) is 30.5 Å². The van der Waals surface area contributed by atoms with E-state index in [1.165, 1.54) is 0 Å². The molecule has 2 amide bonds. The maximum atomic E-state index is 11.6. The van der Waals surface area contributed by atoms with Gasteiger partial charge in [0.05, 0.1) is 6.21 Å². The topological polar surface area (TPSA) is 53.5 Å². The number of hydrogen-bond acceptors (Lipinski definition) is 2. The van der Waals surface area contributed by atoms with Gasteiger partial charge >= 0.3 is 6.03 Å². The average molecular weight is 353 g/mol. The van der Waals surface area contributed by atoms with Crippen LogP contribution in [0.15, 0.2) is 58.1 Å². The number of benzene rings is 2. The number of halogens is 2. The zero-order valence-corrected chi connectivity index (χ0v) is 12.6. The molecule has 0 aliphatic rings. The third kappa shape index (κ3) is 4.36. The third-order valence-electron chi connectivity index (χ3n) is 2.36. The molecule has 2 aromatic carbocycles. The molecule has 0 aromatic heterocycles. The normalized spacial score (nSPS) is 10.5. The predicted molar refractivity (Wildman–Crippen MR) is 85.3 cm³/mol. The summed E-state index contributed by atoms with van der Waals surface area (Å²) in [5.41, 5.74) is 3.86. The van der Waals surface area contributed by atoms with Crippen molar-refractivity contribution in [1.29, 1.82) is 0 Å². The molecular formula is C14H11BrClN3O. The second-order valence-corrected chi connectivity index (χ2v) is 5.15. The van der Waals surface area contributed by atoms with E-state index in [0.717, 1.165) is 10.0 Å². The van der Waals surface area contributed by atoms with Gasteiger partial charge in [-0.1, -0.05) is 51.8 Å². The molecule has 0 spiro atoms. The first-order valence-corrected chi connectivity index (χ1v) is 6.92. The van der Waals surface area contributed by atoms with Crippen LogP contribution >= 0.6 is 27.5 Å². The molecule has 0 saturated heterocycles. The number of anilines is 1. The molecule has 102 valence electrons. The van der Waals surface area contributed by atoms with Crippen LogP contribution in [0.4, 0.5) is 10.5 Å². The number of nitrogens with one attached hydrogen (secondary N) is 2. The van der Waals surface area contributed by atoms with E-state index in [4.69, 9.17) is 11.6 Å². The van der Waals surface area contributed by atoms with Crippen molar-refractivity contribution in [2.45, 2.75) is 0 Å². The molecule has 4 nitrogen and oxygen atoms in total. The molecule has 0 saturated carbocycles. The van der Waals surface area contributed by atoms with E-state index in [0.29, 0.717) is 10.7 Å². The second kappa shape index (κ2) is 7.07. The van der Waals surface area contributed by atoms with E-state index in [9.17, 15) is 4.79 Å². The molecular weight excluding hydrogens is 342 g/mol. The molecule has 0 atom stereocenters. The Hall–Kier alpha value is -1.85. The predicted octanol–water partition coefficient (Wildman–Crippen LogP) is 4.26. The Morgan fingerprint density at radius 2 is 2.00 bits per heavy atom. The zero-order valence-electron chi connectivity index (χ0n) is 10.3. The number of carbonyl (C=O) groups is 1. The molecule has 0 bridgehead atoms. The maximum absolute atomic E-state index is 11.6. The van der Waals surface area contributed by atoms with Crippen LogP contribution in [0.1, 0.15) is 5.56 Å². The summed E-state index contributed by atoms with van der Waals surface area (Å²) in [5.74, 6) is 0. The maximum Gasteiger partial charge on any atom is 0.339 e. The highest BCUT2D eigenvalue weighted by atomic mass is 79.9. The molecule has 0 radical (unpaired) electrons. The van der Waals surface area contributed by atoms with Gasteiger partial charge in [0.1, 0.15) is 0 Å². The largest absolute Gasteiger partial charge is 0.339 e. The molecule has 0 heterocycles. The fourth-order valence-electron chi connectivity index (χ4n) is 1.47. The van der Waals surface area contributed by atoms with E-state index in [2.05, 4.69) is 31.8 Å². The van der Waals surface area contributed by atoms with Crippen LogP contribution in [0, 0.1) is 0 Å². The second-order valence-electron chi connectivity index (χ2n) is 3.86. The molecule has 0 fully saturated rings. The average Bonchev–Trinajstić information content (AvgIpc) is 2.41. The number of hydrazone groups is 1. The lowest BCUT2D eigenvalue weighted by Gasteiger charge is -2.04. The lowest BCUT2D eigenvalue weighted by molar-refractivity contribution is 0.252. The number of rotatable bonds is 3. The summed E-state index contributed by atoms with van der Waals surface area (Å²) >= 11 is 9.21. The Bertz CT molecular complexity index is 646. The van der Waals surface area contributed by atoms with E-state index in [-0.39, 0.29) is 0 Å². The molecule has 2 aromatic rings. The van der Waals surface area contributed by atoms with Crippen LogP contribution in [0.2, 0.25) is 5.02 Å². The van der Waals surface area contributed by atoms with E-state index < -0.39 is 6.03 Å². The minimum Gasteiger partial charge on any atom is -0.306 e. The van der Waals surface area contributed by atoms with Gasteiger partial charge in [-0.15, -0.1) is 0 Å². The van der Waals surface area contributed by atoms with Crippen LogP contribution in [0.25, 0.3) is 0 Å². The first-order valence-electron chi connectivity index (χ1n) is 5.75. The van der Waals surface area contributed by atoms with Gasteiger partial charge in [0.25, 0.3) is 0 Å². The summed E-state index contributed by atoms with van der Waals surface area (Å²) in [6.45, 7) is 0. The molecule has 0 aliphatic carbocycles. The summed E-state index contributed by atoms with van der Waals surface area (Å²) in [6.07, 6.45) is 1.56. The van der Waals surface area contributed by atoms with Crippen LogP contribution in [0.3, 0.4) is 0 Å². The van der Waals surface area contributed by atoms with Crippen molar-refractivity contribution < 1.29 is 4.79 Å². The fraction of sp³-hybridized carbons (Fsp3) is 0. The first-order chi connectivity index (χ1) is 9.65. The van der Waals surface area contributed by atoms with Crippen molar-refractivity contribution in [1.82, 2.24) is 5.43 Å². The Kier molecular flexibility index (Phi) is 5.15. The zero-order chi connectivity index (χ0) is 14.4. The monoisotopic (exact) mass is 351 g/mol.